The Bertz CT molecular complexity index is 495. The minimum absolute atomic E-state index is 0.161. The van der Waals surface area contributed by atoms with Gasteiger partial charge in [-0.1, -0.05) is 19.1 Å². The third-order valence-corrected chi connectivity index (χ3v) is 3.47. The Morgan fingerprint density at radius 3 is 2.56 bits per heavy atom. The fourth-order valence-corrected chi connectivity index (χ4v) is 2.46. The number of furan rings is 1. The van der Waals surface area contributed by atoms with Crippen molar-refractivity contribution < 1.29 is 8.81 Å². The smallest absolute Gasteiger partial charge is 0.173 e. The summed E-state index contributed by atoms with van der Waals surface area (Å²) < 4.78 is 18.9. The van der Waals surface area contributed by atoms with Crippen molar-refractivity contribution in [1.29, 1.82) is 0 Å². The van der Waals surface area contributed by atoms with E-state index in [0.717, 1.165) is 28.8 Å². The number of hydrogen-bond acceptors (Lipinski definition) is 2. The van der Waals surface area contributed by atoms with E-state index in [-0.39, 0.29) is 11.9 Å². The van der Waals surface area contributed by atoms with Crippen molar-refractivity contribution in [1.82, 2.24) is 5.32 Å². The molecule has 0 fully saturated rings. The Hall–Kier alpha value is -1.13. The molecule has 0 spiro atoms. The maximum Gasteiger partial charge on any atom is 0.173 e. The molecule has 4 heteroatoms. The summed E-state index contributed by atoms with van der Waals surface area (Å²) in [6.45, 7) is 2.93. The lowest BCUT2D eigenvalue weighted by molar-refractivity contribution is 0.506. The molecule has 2 nitrogen and oxygen atoms in total. The second kappa shape index (κ2) is 6.16. The van der Waals surface area contributed by atoms with Gasteiger partial charge in [-0.15, -0.1) is 0 Å². The van der Waals surface area contributed by atoms with Crippen molar-refractivity contribution in [3.05, 3.63) is 58.2 Å². The quantitative estimate of drug-likeness (QED) is 0.900. The molecule has 0 aliphatic heterocycles. The fourth-order valence-electron chi connectivity index (χ4n) is 1.95. The summed E-state index contributed by atoms with van der Waals surface area (Å²) in [5.41, 5.74) is 2.18. The molecule has 0 bridgehead atoms. The van der Waals surface area contributed by atoms with Crippen LogP contribution in [0.4, 0.5) is 4.39 Å². The Balaban J connectivity index is 2.16. The summed E-state index contributed by atoms with van der Waals surface area (Å²) in [5, 5.41) is 3.41. The third-order valence-electron chi connectivity index (χ3n) is 2.83. The van der Waals surface area contributed by atoms with Gasteiger partial charge in [0.1, 0.15) is 5.82 Å². The summed E-state index contributed by atoms with van der Waals surface area (Å²) in [4.78, 5) is 0. The molecule has 0 saturated heterocycles. The second-order valence-electron chi connectivity index (χ2n) is 4.09. The first-order chi connectivity index (χ1) is 8.70. The molecule has 96 valence electrons. The largest absolute Gasteiger partial charge is 0.457 e. The molecule has 0 amide bonds. The standard InChI is InChI=1S/C14H15BrFNO/c1-2-17-13(12-7-8-18-14(12)15)9-10-3-5-11(16)6-4-10/h3-8,13,17H,2,9H2,1H3. The van der Waals surface area contributed by atoms with E-state index in [4.69, 9.17) is 4.42 Å². The van der Waals surface area contributed by atoms with Crippen LogP contribution in [-0.2, 0) is 6.42 Å². The predicted molar refractivity (Wildman–Crippen MR) is 72.9 cm³/mol. The van der Waals surface area contributed by atoms with Crippen LogP contribution in [0.25, 0.3) is 0 Å². The zero-order valence-electron chi connectivity index (χ0n) is 10.1. The van der Waals surface area contributed by atoms with Crippen LogP contribution >= 0.6 is 15.9 Å². The predicted octanol–water partition coefficient (Wildman–Crippen LogP) is 4.07. The van der Waals surface area contributed by atoms with Crippen molar-refractivity contribution in [2.45, 2.75) is 19.4 Å². The van der Waals surface area contributed by atoms with E-state index >= 15 is 0 Å². The first-order valence-corrected chi connectivity index (χ1v) is 6.70. The van der Waals surface area contributed by atoms with Gasteiger partial charge in [-0.3, -0.25) is 0 Å². The van der Waals surface area contributed by atoms with E-state index in [1.54, 1.807) is 6.26 Å². The van der Waals surface area contributed by atoms with Gasteiger partial charge in [0.25, 0.3) is 0 Å². The Labute approximate surface area is 114 Å². The number of halogens is 2. The lowest BCUT2D eigenvalue weighted by atomic mass is 10.0. The molecule has 2 rings (SSSR count). The van der Waals surface area contributed by atoms with Crippen LogP contribution in [0.2, 0.25) is 0 Å². The van der Waals surface area contributed by atoms with Crippen LogP contribution in [0.3, 0.4) is 0 Å². The SMILES string of the molecule is CCNC(Cc1ccc(F)cc1)c1ccoc1Br. The number of likely N-dealkylation sites (N-methyl/N-ethyl adjacent to an activating group) is 1. The van der Waals surface area contributed by atoms with Gasteiger partial charge in [0.2, 0.25) is 0 Å². The van der Waals surface area contributed by atoms with Gasteiger partial charge in [-0.05, 0) is 52.7 Å². The number of hydrogen-bond donors (Lipinski definition) is 1. The first-order valence-electron chi connectivity index (χ1n) is 5.91. The van der Waals surface area contributed by atoms with E-state index in [9.17, 15) is 4.39 Å². The fraction of sp³-hybridized carbons (Fsp3) is 0.286. The van der Waals surface area contributed by atoms with Gasteiger partial charge >= 0.3 is 0 Å². The molecule has 0 radical (unpaired) electrons. The van der Waals surface area contributed by atoms with E-state index in [0.29, 0.717) is 0 Å². The van der Waals surface area contributed by atoms with E-state index < -0.39 is 0 Å². The summed E-state index contributed by atoms with van der Waals surface area (Å²) in [6.07, 6.45) is 2.46. The lowest BCUT2D eigenvalue weighted by Crippen LogP contribution is -2.22. The molecule has 1 atom stereocenters. The van der Waals surface area contributed by atoms with Gasteiger partial charge in [0.15, 0.2) is 4.67 Å². The summed E-state index contributed by atoms with van der Waals surface area (Å²) in [6, 6.07) is 8.71. The van der Waals surface area contributed by atoms with Crippen LogP contribution in [0.15, 0.2) is 45.7 Å². The highest BCUT2D eigenvalue weighted by atomic mass is 79.9. The van der Waals surface area contributed by atoms with Crippen LogP contribution in [0.5, 0.6) is 0 Å². The van der Waals surface area contributed by atoms with Crippen molar-refractivity contribution in [2.75, 3.05) is 6.54 Å². The zero-order valence-corrected chi connectivity index (χ0v) is 11.7. The topological polar surface area (TPSA) is 25.2 Å². The molecule has 1 N–H and O–H groups in total. The average Bonchev–Trinajstić information content (AvgIpc) is 2.78. The van der Waals surface area contributed by atoms with Gasteiger partial charge in [0, 0.05) is 11.6 Å². The third kappa shape index (κ3) is 3.21. The Morgan fingerprint density at radius 2 is 2.00 bits per heavy atom. The molecule has 2 aromatic rings. The lowest BCUT2D eigenvalue weighted by Gasteiger charge is -2.17. The van der Waals surface area contributed by atoms with Crippen molar-refractivity contribution >= 4 is 15.9 Å². The molecule has 1 aromatic heterocycles. The minimum Gasteiger partial charge on any atom is -0.457 e. The van der Waals surface area contributed by atoms with E-state index in [1.807, 2.05) is 18.2 Å². The molecule has 0 aliphatic carbocycles. The molecule has 0 saturated carbocycles. The monoisotopic (exact) mass is 311 g/mol. The van der Waals surface area contributed by atoms with Gasteiger partial charge in [-0.25, -0.2) is 4.39 Å². The number of benzene rings is 1. The average molecular weight is 312 g/mol. The molecular formula is C14H15BrFNO. The maximum absolute atomic E-state index is 12.9. The first kappa shape index (κ1) is 13.3. The normalized spacial score (nSPS) is 12.6. The Morgan fingerprint density at radius 1 is 1.28 bits per heavy atom. The summed E-state index contributed by atoms with van der Waals surface area (Å²) in [7, 11) is 0. The van der Waals surface area contributed by atoms with Crippen molar-refractivity contribution in [3.8, 4) is 0 Å². The second-order valence-corrected chi connectivity index (χ2v) is 4.81. The Kier molecular flexibility index (Phi) is 4.55. The molecule has 1 heterocycles. The van der Waals surface area contributed by atoms with Gasteiger partial charge in [-0.2, -0.15) is 0 Å². The van der Waals surface area contributed by atoms with Crippen molar-refractivity contribution in [3.63, 3.8) is 0 Å². The highest BCUT2D eigenvalue weighted by Gasteiger charge is 2.16. The molecule has 18 heavy (non-hydrogen) atoms. The number of nitrogens with one attached hydrogen (secondary N) is 1. The van der Waals surface area contributed by atoms with Crippen molar-refractivity contribution in [2.24, 2.45) is 0 Å². The minimum atomic E-state index is -0.205. The van der Waals surface area contributed by atoms with E-state index in [2.05, 4.69) is 28.2 Å². The number of rotatable bonds is 5. The van der Waals surface area contributed by atoms with Crippen LogP contribution in [-0.4, -0.2) is 6.54 Å². The molecular weight excluding hydrogens is 297 g/mol. The molecule has 0 aliphatic rings. The summed E-state index contributed by atoms with van der Waals surface area (Å²) >= 11 is 3.40. The highest BCUT2D eigenvalue weighted by Crippen LogP contribution is 2.27. The van der Waals surface area contributed by atoms with Crippen LogP contribution in [0, 0.1) is 5.82 Å². The summed E-state index contributed by atoms with van der Waals surface area (Å²) in [5.74, 6) is -0.205. The molecule has 1 unspecified atom stereocenters. The van der Waals surface area contributed by atoms with Gasteiger partial charge < -0.3 is 9.73 Å². The van der Waals surface area contributed by atoms with Gasteiger partial charge in [0.05, 0.1) is 6.26 Å². The maximum atomic E-state index is 12.9. The van der Waals surface area contributed by atoms with Crippen LogP contribution < -0.4 is 5.32 Å². The zero-order chi connectivity index (χ0) is 13.0. The highest BCUT2D eigenvalue weighted by molar-refractivity contribution is 9.10. The van der Waals surface area contributed by atoms with Crippen LogP contribution in [0.1, 0.15) is 24.1 Å². The van der Waals surface area contributed by atoms with E-state index in [1.165, 1.54) is 12.1 Å². The molecule has 1 aromatic carbocycles.